The van der Waals surface area contributed by atoms with Crippen molar-refractivity contribution in [1.82, 2.24) is 0 Å². The molecule has 1 heterocycles. The van der Waals surface area contributed by atoms with Crippen LogP contribution in [-0.2, 0) is 0 Å². The molecule has 3 rings (SSSR count). The molecule has 3 aromatic rings. The zero-order valence-corrected chi connectivity index (χ0v) is 14.9. The van der Waals surface area contributed by atoms with Crippen molar-refractivity contribution in [3.63, 3.8) is 0 Å². The molecule has 1 atom stereocenters. The van der Waals surface area contributed by atoms with Gasteiger partial charge in [-0.3, -0.25) is 4.79 Å². The fraction of sp³-hybridized carbons (Fsp3) is 0.190. The fourth-order valence-corrected chi connectivity index (χ4v) is 2.73. The monoisotopic (exact) mass is 368 g/mol. The lowest BCUT2D eigenvalue weighted by atomic mass is 10.0. The molecule has 0 bridgehead atoms. The summed E-state index contributed by atoms with van der Waals surface area (Å²) < 4.78 is 11.3. The van der Waals surface area contributed by atoms with E-state index in [1.165, 1.54) is 19.2 Å². The second-order valence-corrected chi connectivity index (χ2v) is 6.19. The van der Waals surface area contributed by atoms with Crippen LogP contribution in [-0.4, -0.2) is 28.7 Å². The number of aliphatic hydroxyl groups excluding tert-OH is 1. The van der Waals surface area contributed by atoms with E-state index in [-0.39, 0.29) is 22.1 Å². The van der Waals surface area contributed by atoms with Crippen LogP contribution in [0.5, 0.6) is 11.5 Å². The second kappa shape index (κ2) is 7.65. The summed E-state index contributed by atoms with van der Waals surface area (Å²) in [4.78, 5) is 12.6. The number of aromatic hydroxyl groups is 1. The predicted molar refractivity (Wildman–Crippen MR) is 103 cm³/mol. The molecule has 1 aromatic heterocycles. The highest BCUT2D eigenvalue weighted by Gasteiger charge is 2.18. The minimum Gasteiger partial charge on any atom is -0.507 e. The number of ether oxygens (including phenoxy) is 1. The average Bonchev–Trinajstić information content (AvgIpc) is 2.66. The summed E-state index contributed by atoms with van der Waals surface area (Å²) in [5.74, 6) is -0.153. The topological polar surface area (TPSA) is 100 Å². The zero-order chi connectivity index (χ0) is 19.6. The van der Waals surface area contributed by atoms with Crippen molar-refractivity contribution in [2.75, 3.05) is 7.11 Å². The third-order valence-corrected chi connectivity index (χ3v) is 4.30. The summed E-state index contributed by atoms with van der Waals surface area (Å²) in [7, 11) is 1.43. The van der Waals surface area contributed by atoms with E-state index in [1.54, 1.807) is 19.1 Å². The van der Waals surface area contributed by atoms with Gasteiger partial charge in [-0.25, -0.2) is 0 Å². The molecule has 3 N–H and O–H groups in total. The van der Waals surface area contributed by atoms with E-state index < -0.39 is 12.2 Å². The maximum Gasteiger partial charge on any atom is 0.197 e. The number of methoxy groups -OCH3 is 1. The van der Waals surface area contributed by atoms with Crippen molar-refractivity contribution in [2.24, 2.45) is 5.92 Å². The third-order valence-electron chi connectivity index (χ3n) is 4.30. The Bertz CT molecular complexity index is 1030. The highest BCUT2D eigenvalue weighted by molar-refractivity contribution is 5.93. The van der Waals surface area contributed by atoms with E-state index in [2.05, 4.69) is 0 Å². The van der Waals surface area contributed by atoms with Crippen molar-refractivity contribution in [3.8, 4) is 22.8 Å². The number of fused-ring (bicyclic) bond motifs is 1. The lowest BCUT2D eigenvalue weighted by molar-refractivity contribution is -0.0649. The zero-order valence-electron chi connectivity index (χ0n) is 14.9. The Morgan fingerprint density at radius 1 is 1.15 bits per heavy atom. The number of rotatable bonds is 5. The van der Waals surface area contributed by atoms with Crippen molar-refractivity contribution < 1.29 is 24.5 Å². The maximum absolute atomic E-state index is 12.6. The minimum atomic E-state index is -1.53. The number of phenolic OH excluding ortho intramolecular Hbond substituents is 1. The van der Waals surface area contributed by atoms with Gasteiger partial charge in [0.05, 0.1) is 12.7 Å². The van der Waals surface area contributed by atoms with Gasteiger partial charge in [-0.1, -0.05) is 49.4 Å². The molecule has 0 fully saturated rings. The number of phenols is 1. The Morgan fingerprint density at radius 3 is 2.48 bits per heavy atom. The maximum atomic E-state index is 12.6. The van der Waals surface area contributed by atoms with Gasteiger partial charge in [-0.15, -0.1) is 0 Å². The summed E-state index contributed by atoms with van der Waals surface area (Å²) in [5, 5.41) is 28.9. The molecule has 0 aliphatic heterocycles. The van der Waals surface area contributed by atoms with Crippen molar-refractivity contribution >= 4 is 17.0 Å². The van der Waals surface area contributed by atoms with Gasteiger partial charge >= 0.3 is 0 Å². The van der Waals surface area contributed by atoms with Gasteiger partial charge in [-0.05, 0) is 0 Å². The van der Waals surface area contributed by atoms with Gasteiger partial charge in [0.2, 0.25) is 0 Å². The molecule has 0 radical (unpaired) electrons. The van der Waals surface area contributed by atoms with Crippen LogP contribution in [0.4, 0.5) is 0 Å². The Labute approximate surface area is 155 Å². The first-order valence-electron chi connectivity index (χ1n) is 8.40. The third kappa shape index (κ3) is 3.72. The van der Waals surface area contributed by atoms with E-state index in [9.17, 15) is 20.1 Å². The molecule has 0 aliphatic carbocycles. The summed E-state index contributed by atoms with van der Waals surface area (Å²) in [5.41, 5.74) is 0.912. The van der Waals surface area contributed by atoms with Crippen LogP contribution in [0.3, 0.4) is 0 Å². The van der Waals surface area contributed by atoms with Crippen LogP contribution in [0.25, 0.3) is 28.4 Å². The van der Waals surface area contributed by atoms with Gasteiger partial charge in [0.15, 0.2) is 17.3 Å². The second-order valence-electron chi connectivity index (χ2n) is 6.19. The largest absolute Gasteiger partial charge is 0.507 e. The fourth-order valence-electron chi connectivity index (χ4n) is 2.73. The highest BCUT2D eigenvalue weighted by Crippen LogP contribution is 2.36. The molecule has 2 aromatic carbocycles. The molecule has 1 unspecified atom stereocenters. The first-order valence-corrected chi connectivity index (χ1v) is 8.40. The number of aliphatic hydroxyl groups is 2. The average molecular weight is 368 g/mol. The summed E-state index contributed by atoms with van der Waals surface area (Å²) in [6.07, 6.45) is 1.62. The van der Waals surface area contributed by atoms with Crippen LogP contribution >= 0.6 is 0 Å². The van der Waals surface area contributed by atoms with E-state index in [4.69, 9.17) is 9.15 Å². The Hall–Kier alpha value is -3.09. The Kier molecular flexibility index (Phi) is 5.30. The van der Waals surface area contributed by atoms with Crippen LogP contribution in [0, 0.1) is 5.92 Å². The Morgan fingerprint density at radius 2 is 1.85 bits per heavy atom. The summed E-state index contributed by atoms with van der Waals surface area (Å²) >= 11 is 0. The van der Waals surface area contributed by atoms with Crippen LogP contribution < -0.4 is 10.2 Å². The molecule has 27 heavy (non-hydrogen) atoms. The number of benzene rings is 2. The van der Waals surface area contributed by atoms with E-state index in [0.29, 0.717) is 22.6 Å². The molecule has 0 saturated heterocycles. The number of hydrogen-bond donors (Lipinski definition) is 3. The van der Waals surface area contributed by atoms with Crippen molar-refractivity contribution in [1.29, 1.82) is 0 Å². The predicted octanol–water partition coefficient (Wildman–Crippen LogP) is 3.13. The lowest BCUT2D eigenvalue weighted by Crippen LogP contribution is -2.13. The van der Waals surface area contributed by atoms with Gasteiger partial charge < -0.3 is 24.5 Å². The molecule has 0 amide bonds. The minimum absolute atomic E-state index is 0.0346. The van der Waals surface area contributed by atoms with Crippen molar-refractivity contribution in [2.45, 2.75) is 13.2 Å². The highest BCUT2D eigenvalue weighted by atomic mass is 16.5. The van der Waals surface area contributed by atoms with Gasteiger partial charge in [0.1, 0.15) is 22.6 Å². The van der Waals surface area contributed by atoms with Gasteiger partial charge in [0.25, 0.3) is 0 Å². The molecule has 6 nitrogen and oxygen atoms in total. The first-order chi connectivity index (χ1) is 12.9. The smallest absolute Gasteiger partial charge is 0.197 e. The molecule has 0 saturated carbocycles. The molecular formula is C21H20O6. The first kappa shape index (κ1) is 18.7. The van der Waals surface area contributed by atoms with Gasteiger partial charge in [0, 0.05) is 23.6 Å². The molecular weight excluding hydrogens is 348 g/mol. The van der Waals surface area contributed by atoms with Crippen LogP contribution in [0.15, 0.2) is 57.8 Å². The van der Waals surface area contributed by atoms with Crippen LogP contribution in [0.1, 0.15) is 12.5 Å². The lowest BCUT2D eigenvalue weighted by Gasteiger charge is -2.12. The van der Waals surface area contributed by atoms with Gasteiger partial charge in [-0.2, -0.15) is 0 Å². The van der Waals surface area contributed by atoms with Crippen LogP contribution in [0.2, 0.25) is 0 Å². The normalized spacial score (nSPS) is 12.8. The van der Waals surface area contributed by atoms with Crippen molar-refractivity contribution in [3.05, 3.63) is 64.3 Å². The van der Waals surface area contributed by atoms with E-state index in [0.717, 1.165) is 0 Å². The SMILES string of the molecule is COc1cc(O)c2c(=O)cc(-c3ccccc3)oc2c1/C=C/C(C)C(O)O. The Balaban J connectivity index is 2.30. The molecule has 0 aliphatic rings. The quantitative estimate of drug-likeness (QED) is 0.598. The summed E-state index contributed by atoms with van der Waals surface area (Å²) in [6, 6.07) is 11.8. The standard InChI is InChI=1S/C21H20O6/c1-12(21(24)25)8-9-14-18(26-2)11-16(23)19-15(22)10-17(27-20(14)19)13-6-4-3-5-7-13/h3-12,21,23-25H,1-2H3/b9-8+. The molecule has 6 heteroatoms. The van der Waals surface area contributed by atoms with E-state index in [1.807, 2.05) is 30.3 Å². The summed E-state index contributed by atoms with van der Waals surface area (Å²) in [6.45, 7) is 1.63. The molecule has 0 spiro atoms. The molecule has 140 valence electrons. The van der Waals surface area contributed by atoms with E-state index >= 15 is 0 Å². The number of hydrogen-bond acceptors (Lipinski definition) is 6.